The minimum atomic E-state index is -1.54. The van der Waals surface area contributed by atoms with Gasteiger partial charge in [0, 0.05) is 0 Å². The molecule has 0 heterocycles. The molecular weight excluding hydrogens is 256 g/mol. The van der Waals surface area contributed by atoms with Crippen LogP contribution in [-0.4, -0.2) is 8.07 Å². The summed E-state index contributed by atoms with van der Waals surface area (Å²) in [7, 11) is -1.54. The molecule has 2 aliphatic carbocycles. The number of benzene rings is 1. The van der Waals surface area contributed by atoms with Gasteiger partial charge in [-0.15, -0.1) is 0 Å². The molecular formula is C19H26Si. The van der Waals surface area contributed by atoms with Crippen molar-refractivity contribution in [2.75, 3.05) is 0 Å². The van der Waals surface area contributed by atoms with Crippen LogP contribution in [0.2, 0.25) is 12.1 Å². The highest BCUT2D eigenvalue weighted by Crippen LogP contribution is 2.43. The largest absolute Gasteiger partial charge is 0.114 e. The molecule has 1 unspecified atom stereocenters. The van der Waals surface area contributed by atoms with Crippen molar-refractivity contribution in [3.63, 3.8) is 0 Å². The summed E-state index contributed by atoms with van der Waals surface area (Å²) < 4.78 is 0. The van der Waals surface area contributed by atoms with Gasteiger partial charge < -0.3 is 0 Å². The van der Waals surface area contributed by atoms with Crippen LogP contribution in [0.25, 0.3) is 0 Å². The van der Waals surface area contributed by atoms with Gasteiger partial charge in [0.25, 0.3) is 0 Å². The standard InChI is InChI=1S/C19H26Si/c1-16-10-9-15-19(16)20(2,17-11-5-3-6-12-17)18-13-7-4-8-14-18/h3,5-6,9-12,18H,4,7-8,13-15H2,1-2H3. The third-order valence-electron chi connectivity index (χ3n) is 5.59. The lowest BCUT2D eigenvalue weighted by molar-refractivity contribution is 0.494. The Hall–Kier alpha value is -1.08. The van der Waals surface area contributed by atoms with E-state index in [1.54, 1.807) is 16.0 Å². The van der Waals surface area contributed by atoms with Gasteiger partial charge in [0.2, 0.25) is 0 Å². The van der Waals surface area contributed by atoms with Crippen LogP contribution in [0.4, 0.5) is 0 Å². The highest BCUT2D eigenvalue weighted by molar-refractivity contribution is 6.98. The van der Waals surface area contributed by atoms with Crippen molar-refractivity contribution in [3.05, 3.63) is 53.3 Å². The molecule has 1 aromatic rings. The van der Waals surface area contributed by atoms with E-state index < -0.39 is 8.07 Å². The molecule has 1 fully saturated rings. The van der Waals surface area contributed by atoms with Gasteiger partial charge >= 0.3 is 0 Å². The normalized spacial score (nSPS) is 23.1. The molecule has 0 spiro atoms. The first-order valence-corrected chi connectivity index (χ1v) is 10.7. The van der Waals surface area contributed by atoms with Gasteiger partial charge in [-0.25, -0.2) is 0 Å². The van der Waals surface area contributed by atoms with E-state index >= 15 is 0 Å². The summed E-state index contributed by atoms with van der Waals surface area (Å²) in [6, 6.07) is 11.4. The van der Waals surface area contributed by atoms with Gasteiger partial charge in [0.05, 0.1) is 0 Å². The van der Waals surface area contributed by atoms with Crippen LogP contribution in [0, 0.1) is 0 Å². The molecule has 0 nitrogen and oxygen atoms in total. The van der Waals surface area contributed by atoms with Crippen molar-refractivity contribution < 1.29 is 0 Å². The topological polar surface area (TPSA) is 0 Å². The van der Waals surface area contributed by atoms with Crippen LogP contribution in [-0.2, 0) is 0 Å². The van der Waals surface area contributed by atoms with Gasteiger partial charge in [-0.2, -0.15) is 0 Å². The van der Waals surface area contributed by atoms with Crippen molar-refractivity contribution >= 4 is 13.3 Å². The fourth-order valence-corrected chi connectivity index (χ4v) is 9.56. The molecule has 0 bridgehead atoms. The van der Waals surface area contributed by atoms with Crippen LogP contribution in [0.3, 0.4) is 0 Å². The molecule has 1 aromatic carbocycles. The first kappa shape index (κ1) is 13.9. The molecule has 1 heteroatoms. The molecule has 3 rings (SSSR count). The maximum absolute atomic E-state index is 2.64. The van der Waals surface area contributed by atoms with Gasteiger partial charge in [0.1, 0.15) is 8.07 Å². The lowest BCUT2D eigenvalue weighted by atomic mass is 10.0. The first-order valence-electron chi connectivity index (χ1n) is 8.15. The van der Waals surface area contributed by atoms with E-state index in [2.05, 4.69) is 56.0 Å². The Labute approximate surface area is 124 Å². The Balaban J connectivity index is 2.05. The van der Waals surface area contributed by atoms with Crippen LogP contribution in [0.1, 0.15) is 45.4 Å². The van der Waals surface area contributed by atoms with E-state index in [1.165, 1.54) is 38.5 Å². The number of rotatable bonds is 3. The van der Waals surface area contributed by atoms with Crippen LogP contribution in [0.15, 0.2) is 53.3 Å². The Kier molecular flexibility index (Phi) is 3.98. The van der Waals surface area contributed by atoms with E-state index in [4.69, 9.17) is 0 Å². The molecule has 0 aromatic heterocycles. The van der Waals surface area contributed by atoms with E-state index in [0.717, 1.165) is 5.54 Å². The fourth-order valence-electron chi connectivity index (χ4n) is 4.36. The number of hydrogen-bond acceptors (Lipinski definition) is 0. The van der Waals surface area contributed by atoms with Gasteiger partial charge in [0.15, 0.2) is 0 Å². The zero-order valence-corrected chi connectivity index (χ0v) is 13.9. The SMILES string of the molecule is CC1=C([Si](C)(c2ccccc2)C2CCCCC2)CC=C1. The minimum absolute atomic E-state index is 0.948. The maximum atomic E-state index is 2.64. The monoisotopic (exact) mass is 282 g/mol. The summed E-state index contributed by atoms with van der Waals surface area (Å²) in [5, 5.41) is 3.46. The van der Waals surface area contributed by atoms with Crippen molar-refractivity contribution in [1.82, 2.24) is 0 Å². The third-order valence-corrected chi connectivity index (χ3v) is 11.2. The van der Waals surface area contributed by atoms with Crippen molar-refractivity contribution in [2.45, 2.75) is 57.5 Å². The third kappa shape index (κ3) is 2.33. The quantitative estimate of drug-likeness (QED) is 0.675. The van der Waals surface area contributed by atoms with Crippen molar-refractivity contribution in [2.24, 2.45) is 0 Å². The summed E-state index contributed by atoms with van der Waals surface area (Å²) >= 11 is 0. The summed E-state index contributed by atoms with van der Waals surface area (Å²) in [6.45, 7) is 4.97. The fraction of sp³-hybridized carbons (Fsp3) is 0.474. The molecule has 0 radical (unpaired) electrons. The van der Waals surface area contributed by atoms with Gasteiger partial charge in [-0.05, 0) is 18.9 Å². The zero-order chi connectivity index (χ0) is 14.0. The average Bonchev–Trinajstić information content (AvgIpc) is 2.95. The smallest absolute Gasteiger partial charge is 0.0806 e. The highest BCUT2D eigenvalue weighted by atomic mass is 28.3. The molecule has 106 valence electrons. The van der Waals surface area contributed by atoms with Crippen LogP contribution >= 0.6 is 0 Å². The highest BCUT2D eigenvalue weighted by Gasteiger charge is 2.42. The summed E-state index contributed by atoms with van der Waals surface area (Å²) in [5.41, 5.74) is 2.51. The molecule has 2 aliphatic rings. The number of allylic oxidation sites excluding steroid dienone is 4. The van der Waals surface area contributed by atoms with Crippen LogP contribution in [0.5, 0.6) is 0 Å². The molecule has 0 amide bonds. The lowest BCUT2D eigenvalue weighted by Crippen LogP contribution is -2.51. The zero-order valence-electron chi connectivity index (χ0n) is 12.9. The average molecular weight is 283 g/mol. The van der Waals surface area contributed by atoms with E-state index in [1.807, 2.05) is 0 Å². The summed E-state index contributed by atoms with van der Waals surface area (Å²) in [5.74, 6) is 0. The first-order chi connectivity index (χ1) is 9.73. The number of hydrogen-bond donors (Lipinski definition) is 0. The second kappa shape index (κ2) is 5.73. The summed E-state index contributed by atoms with van der Waals surface area (Å²) in [6.07, 6.45) is 13.2. The molecule has 20 heavy (non-hydrogen) atoms. The lowest BCUT2D eigenvalue weighted by Gasteiger charge is -2.40. The van der Waals surface area contributed by atoms with Crippen molar-refractivity contribution in [1.29, 1.82) is 0 Å². The predicted octanol–water partition coefficient (Wildman–Crippen LogP) is 5.12. The van der Waals surface area contributed by atoms with Crippen molar-refractivity contribution in [3.8, 4) is 0 Å². The Morgan fingerprint density at radius 1 is 1.00 bits per heavy atom. The maximum Gasteiger partial charge on any atom is 0.114 e. The Bertz CT molecular complexity index is 520. The predicted molar refractivity (Wildman–Crippen MR) is 91.0 cm³/mol. The molecule has 0 N–H and O–H groups in total. The van der Waals surface area contributed by atoms with E-state index in [-0.39, 0.29) is 0 Å². The molecule has 0 aliphatic heterocycles. The Morgan fingerprint density at radius 2 is 1.70 bits per heavy atom. The van der Waals surface area contributed by atoms with Gasteiger partial charge in [-0.1, -0.05) is 97.1 Å². The van der Waals surface area contributed by atoms with Crippen LogP contribution < -0.4 is 5.19 Å². The Morgan fingerprint density at radius 3 is 2.30 bits per heavy atom. The van der Waals surface area contributed by atoms with Gasteiger partial charge in [-0.3, -0.25) is 0 Å². The second-order valence-electron chi connectivity index (χ2n) is 6.67. The minimum Gasteiger partial charge on any atom is -0.0806 e. The van der Waals surface area contributed by atoms with E-state index in [0.29, 0.717) is 0 Å². The molecule has 0 saturated heterocycles. The van der Waals surface area contributed by atoms with E-state index in [9.17, 15) is 0 Å². The molecule has 1 atom stereocenters. The molecule has 1 saturated carbocycles. The summed E-state index contributed by atoms with van der Waals surface area (Å²) in [4.78, 5) is 0. The second-order valence-corrected chi connectivity index (χ2v) is 11.1.